The molecule has 1 aliphatic rings. The zero-order valence-electron chi connectivity index (χ0n) is 10.8. The molecule has 0 saturated heterocycles. The molecule has 0 aliphatic carbocycles. The van der Waals surface area contributed by atoms with Gasteiger partial charge in [-0.05, 0) is 13.8 Å². The molecule has 0 radical (unpaired) electrons. The van der Waals surface area contributed by atoms with Crippen LogP contribution in [0, 0.1) is 13.8 Å². The van der Waals surface area contributed by atoms with Crippen molar-refractivity contribution in [3.05, 3.63) is 15.7 Å². The van der Waals surface area contributed by atoms with E-state index in [0.29, 0.717) is 0 Å². The van der Waals surface area contributed by atoms with Gasteiger partial charge in [-0.15, -0.1) is 21.5 Å². The van der Waals surface area contributed by atoms with E-state index in [1.165, 1.54) is 4.88 Å². The lowest BCUT2D eigenvalue weighted by Gasteiger charge is -2.18. The van der Waals surface area contributed by atoms with E-state index in [1.54, 1.807) is 11.3 Å². The molecular weight excluding hydrogens is 246 g/mol. The Balaban J connectivity index is 2.13. The summed E-state index contributed by atoms with van der Waals surface area (Å²) in [7, 11) is 0. The van der Waals surface area contributed by atoms with Gasteiger partial charge in [0.1, 0.15) is 12.4 Å². The van der Waals surface area contributed by atoms with Crippen molar-refractivity contribution in [3.8, 4) is 11.5 Å². The van der Waals surface area contributed by atoms with Gasteiger partial charge in [0.2, 0.25) is 11.9 Å². The predicted octanol–water partition coefficient (Wildman–Crippen LogP) is 1.81. The van der Waals surface area contributed by atoms with Crippen LogP contribution in [0.5, 0.6) is 0 Å². The van der Waals surface area contributed by atoms with E-state index in [2.05, 4.69) is 40.3 Å². The van der Waals surface area contributed by atoms with Gasteiger partial charge in [0.15, 0.2) is 12.4 Å². The van der Waals surface area contributed by atoms with Crippen LogP contribution in [0.2, 0.25) is 0 Å². The highest BCUT2D eigenvalue weighted by Crippen LogP contribution is 2.29. The molecule has 2 aromatic rings. The molecule has 1 unspecified atom stereocenters. The molecule has 0 bridgehead atoms. The number of fused-ring (bicyclic) bond motifs is 1. The average molecular weight is 262 g/mol. The number of nitrogens with zero attached hydrogens (tertiary/aromatic N) is 5. The topological polar surface area (TPSA) is 46.6 Å². The number of hydrogen-bond acceptors (Lipinski definition) is 4. The molecule has 0 aromatic carbocycles. The van der Waals surface area contributed by atoms with Crippen molar-refractivity contribution in [2.45, 2.75) is 33.4 Å². The molecule has 1 aliphatic heterocycles. The summed E-state index contributed by atoms with van der Waals surface area (Å²) in [6.45, 7) is 12.0. The fraction of sp³-hybridized carbons (Fsp3) is 0.500. The van der Waals surface area contributed by atoms with Crippen molar-refractivity contribution in [1.82, 2.24) is 19.7 Å². The Kier molecular flexibility index (Phi) is 2.55. The zero-order valence-corrected chi connectivity index (χ0v) is 11.7. The molecule has 3 heterocycles. The maximum Gasteiger partial charge on any atom is 0.208 e. The first-order valence-corrected chi connectivity index (χ1v) is 6.84. The lowest BCUT2D eigenvalue weighted by molar-refractivity contribution is -0.570. The van der Waals surface area contributed by atoms with Gasteiger partial charge in [-0.1, -0.05) is 0 Å². The van der Waals surface area contributed by atoms with Crippen LogP contribution >= 0.6 is 11.3 Å². The minimum absolute atomic E-state index is 0.208. The third-order valence-electron chi connectivity index (χ3n) is 3.43. The Hall–Kier alpha value is -1.56. The highest BCUT2D eigenvalue weighted by atomic mass is 32.1. The van der Waals surface area contributed by atoms with E-state index < -0.39 is 0 Å². The summed E-state index contributed by atoms with van der Waals surface area (Å²) in [6.07, 6.45) is 0. The van der Waals surface area contributed by atoms with Crippen LogP contribution in [0.1, 0.15) is 28.7 Å². The number of rotatable bonds is 1. The fourth-order valence-corrected chi connectivity index (χ4v) is 3.16. The number of aryl methyl sites for hydroxylation is 2. The minimum Gasteiger partial charge on any atom is -0.298 e. The van der Waals surface area contributed by atoms with E-state index >= 15 is 0 Å². The molecule has 6 heteroatoms. The van der Waals surface area contributed by atoms with Crippen molar-refractivity contribution in [1.29, 1.82) is 0 Å². The van der Waals surface area contributed by atoms with E-state index in [9.17, 15) is 0 Å². The van der Waals surface area contributed by atoms with Crippen molar-refractivity contribution >= 4 is 18.1 Å². The van der Waals surface area contributed by atoms with Gasteiger partial charge < -0.3 is 0 Å². The third kappa shape index (κ3) is 1.59. The van der Waals surface area contributed by atoms with Crippen molar-refractivity contribution in [2.24, 2.45) is 0 Å². The summed E-state index contributed by atoms with van der Waals surface area (Å²) < 4.78 is 4.22. The Morgan fingerprint density at radius 2 is 2.17 bits per heavy atom. The molecule has 5 nitrogen and oxygen atoms in total. The standard InChI is InChI=1S/C12H16N5S/c1-7-11-14-15-12(17(11)6-5-16(7)4)10-8(2)18-9(3)13-10/h7H,4-6H2,1-3H3/q+1. The maximum absolute atomic E-state index is 4.57. The van der Waals surface area contributed by atoms with Crippen LogP contribution in [0.3, 0.4) is 0 Å². The molecule has 0 fully saturated rings. The maximum atomic E-state index is 4.57. The summed E-state index contributed by atoms with van der Waals surface area (Å²) in [6, 6.07) is 0.208. The first-order chi connectivity index (χ1) is 8.58. The molecule has 0 amide bonds. The number of aromatic nitrogens is 4. The molecule has 18 heavy (non-hydrogen) atoms. The summed E-state index contributed by atoms with van der Waals surface area (Å²) in [4.78, 5) is 5.77. The largest absolute Gasteiger partial charge is 0.298 e. The van der Waals surface area contributed by atoms with Crippen LogP contribution in [-0.4, -0.2) is 37.6 Å². The fourth-order valence-electron chi connectivity index (χ4n) is 2.34. The number of thiazole rings is 1. The van der Waals surface area contributed by atoms with E-state index in [1.807, 2.05) is 11.5 Å². The molecule has 0 spiro atoms. The molecule has 1 atom stereocenters. The number of hydrogen-bond donors (Lipinski definition) is 0. The lowest BCUT2D eigenvalue weighted by atomic mass is 10.2. The van der Waals surface area contributed by atoms with Crippen LogP contribution < -0.4 is 0 Å². The van der Waals surface area contributed by atoms with Crippen molar-refractivity contribution < 1.29 is 4.58 Å². The highest BCUT2D eigenvalue weighted by Gasteiger charge is 2.30. The lowest BCUT2D eigenvalue weighted by Crippen LogP contribution is -2.29. The van der Waals surface area contributed by atoms with Crippen LogP contribution in [0.4, 0.5) is 0 Å². The molecule has 3 rings (SSSR count). The second-order valence-electron chi connectivity index (χ2n) is 4.66. The zero-order chi connectivity index (χ0) is 12.9. The van der Waals surface area contributed by atoms with Crippen molar-refractivity contribution in [3.63, 3.8) is 0 Å². The van der Waals surface area contributed by atoms with Gasteiger partial charge in [-0.2, -0.15) is 0 Å². The quantitative estimate of drug-likeness (QED) is 0.736. The minimum atomic E-state index is 0.208. The molecule has 0 N–H and O–H groups in total. The second kappa shape index (κ2) is 3.98. The SMILES string of the molecule is C=[N+]1CCn2c(-c3nc(C)sc3C)nnc2C1C. The smallest absolute Gasteiger partial charge is 0.208 e. The second-order valence-corrected chi connectivity index (χ2v) is 6.07. The summed E-state index contributed by atoms with van der Waals surface area (Å²) >= 11 is 1.70. The van der Waals surface area contributed by atoms with Crippen LogP contribution in [0.25, 0.3) is 11.5 Å². The van der Waals surface area contributed by atoms with Gasteiger partial charge in [0, 0.05) is 11.8 Å². The summed E-state index contributed by atoms with van der Waals surface area (Å²) in [5.41, 5.74) is 0.973. The molecule has 2 aromatic heterocycles. The van der Waals surface area contributed by atoms with Gasteiger partial charge in [-0.25, -0.2) is 9.56 Å². The Labute approximate surface area is 110 Å². The Morgan fingerprint density at radius 3 is 2.83 bits per heavy atom. The summed E-state index contributed by atoms with van der Waals surface area (Å²) in [5, 5.41) is 9.71. The predicted molar refractivity (Wildman–Crippen MR) is 71.3 cm³/mol. The van der Waals surface area contributed by atoms with Crippen LogP contribution in [0.15, 0.2) is 0 Å². The van der Waals surface area contributed by atoms with E-state index in [4.69, 9.17) is 0 Å². The van der Waals surface area contributed by atoms with Gasteiger partial charge in [0.25, 0.3) is 0 Å². The van der Waals surface area contributed by atoms with Gasteiger partial charge in [-0.3, -0.25) is 4.57 Å². The normalized spacial score (nSPS) is 19.1. The van der Waals surface area contributed by atoms with Gasteiger partial charge >= 0.3 is 0 Å². The van der Waals surface area contributed by atoms with Gasteiger partial charge in [0.05, 0.1) is 11.6 Å². The molecular formula is C12H16N5S+. The molecule has 94 valence electrons. The van der Waals surface area contributed by atoms with E-state index in [0.717, 1.165) is 35.4 Å². The summed E-state index contributed by atoms with van der Waals surface area (Å²) in [5.74, 6) is 1.88. The Morgan fingerprint density at radius 1 is 1.39 bits per heavy atom. The highest BCUT2D eigenvalue weighted by molar-refractivity contribution is 7.11. The third-order valence-corrected chi connectivity index (χ3v) is 4.31. The molecule has 0 saturated carbocycles. The van der Waals surface area contributed by atoms with Crippen molar-refractivity contribution in [2.75, 3.05) is 6.54 Å². The Bertz CT molecular complexity index is 624. The van der Waals surface area contributed by atoms with Crippen LogP contribution in [-0.2, 0) is 6.54 Å². The first-order valence-electron chi connectivity index (χ1n) is 6.02. The van der Waals surface area contributed by atoms with E-state index in [-0.39, 0.29) is 6.04 Å². The average Bonchev–Trinajstić information content (AvgIpc) is 2.87. The monoisotopic (exact) mass is 262 g/mol. The first kappa shape index (κ1) is 11.5.